The number of ether oxygens (including phenoxy) is 2. The molecule has 0 saturated carbocycles. The van der Waals surface area contributed by atoms with Gasteiger partial charge in [-0.3, -0.25) is 0 Å². The van der Waals surface area contributed by atoms with E-state index in [1.165, 1.54) is 7.11 Å². The normalized spacial score (nSPS) is 21.6. The summed E-state index contributed by atoms with van der Waals surface area (Å²) in [6, 6.07) is 0. The minimum atomic E-state index is -0.431. The lowest BCUT2D eigenvalue weighted by molar-refractivity contribution is -0.135. The molecule has 0 aromatic heterocycles. The van der Waals surface area contributed by atoms with Crippen LogP contribution in [0.4, 0.5) is 0 Å². The molecule has 6 heteroatoms. The van der Waals surface area contributed by atoms with E-state index in [0.717, 1.165) is 18.8 Å². The van der Waals surface area contributed by atoms with Gasteiger partial charge in [-0.15, -0.1) is 11.8 Å². The number of oxime groups is 1. The molecule has 1 unspecified atom stereocenters. The van der Waals surface area contributed by atoms with Gasteiger partial charge in [0.15, 0.2) is 5.71 Å². The lowest BCUT2D eigenvalue weighted by Gasteiger charge is -2.21. The summed E-state index contributed by atoms with van der Waals surface area (Å²) in [4.78, 5) is 16.1. The van der Waals surface area contributed by atoms with Gasteiger partial charge in [0.1, 0.15) is 12.5 Å². The molecular formula is C10H17NO4S. The molecule has 1 rings (SSSR count). The molecule has 92 valence electrons. The Bertz CT molecular complexity index is 251. The van der Waals surface area contributed by atoms with Crippen LogP contribution in [0.15, 0.2) is 5.16 Å². The van der Waals surface area contributed by atoms with Crippen molar-refractivity contribution in [3.63, 3.8) is 0 Å². The summed E-state index contributed by atoms with van der Waals surface area (Å²) in [6.45, 7) is 2.83. The van der Waals surface area contributed by atoms with Gasteiger partial charge >= 0.3 is 5.97 Å². The van der Waals surface area contributed by atoms with E-state index in [9.17, 15) is 4.79 Å². The van der Waals surface area contributed by atoms with Crippen molar-refractivity contribution in [2.75, 3.05) is 26.1 Å². The fraction of sp³-hybridized carbons (Fsp3) is 0.800. The highest BCUT2D eigenvalue weighted by atomic mass is 32.2. The van der Waals surface area contributed by atoms with Gasteiger partial charge in [-0.1, -0.05) is 5.16 Å². The highest BCUT2D eigenvalue weighted by Gasteiger charge is 2.22. The van der Waals surface area contributed by atoms with E-state index in [0.29, 0.717) is 13.0 Å². The Morgan fingerprint density at radius 2 is 2.44 bits per heavy atom. The molecule has 1 saturated heterocycles. The molecule has 0 aromatic rings. The van der Waals surface area contributed by atoms with E-state index in [1.807, 2.05) is 0 Å². The summed E-state index contributed by atoms with van der Waals surface area (Å²) in [5.41, 5.74) is 0.260. The molecular weight excluding hydrogens is 230 g/mol. The fourth-order valence-electron chi connectivity index (χ4n) is 1.29. The third-order valence-corrected chi connectivity index (χ3v) is 3.17. The first-order valence-electron chi connectivity index (χ1n) is 5.28. The number of nitrogens with zero attached hydrogens (tertiary/aromatic N) is 1. The first kappa shape index (κ1) is 13.3. The van der Waals surface area contributed by atoms with Crippen LogP contribution in [0.3, 0.4) is 0 Å². The fourth-order valence-corrected chi connectivity index (χ4v) is 2.31. The van der Waals surface area contributed by atoms with E-state index < -0.39 is 5.97 Å². The first-order chi connectivity index (χ1) is 7.77. The highest BCUT2D eigenvalue weighted by Crippen LogP contribution is 2.22. The number of rotatable bonds is 5. The molecule has 0 radical (unpaired) electrons. The van der Waals surface area contributed by atoms with Crippen LogP contribution >= 0.6 is 11.8 Å². The number of carbonyl (C=O) groups excluding carboxylic acids is 1. The Morgan fingerprint density at radius 3 is 3.00 bits per heavy atom. The van der Waals surface area contributed by atoms with Gasteiger partial charge in [0, 0.05) is 13.0 Å². The molecule has 1 aliphatic rings. The molecule has 0 bridgehead atoms. The second-order valence-corrected chi connectivity index (χ2v) is 4.44. The van der Waals surface area contributed by atoms with Gasteiger partial charge in [0.25, 0.3) is 0 Å². The predicted octanol–water partition coefficient (Wildman–Crippen LogP) is 1.42. The Labute approximate surface area is 99.5 Å². The summed E-state index contributed by atoms with van der Waals surface area (Å²) < 4.78 is 10.4. The zero-order valence-electron chi connectivity index (χ0n) is 9.60. The highest BCUT2D eigenvalue weighted by molar-refractivity contribution is 7.99. The SMILES string of the molecule is CCOC(=O)C(CC1OCCCS1)=NOC. The molecule has 1 heterocycles. The van der Waals surface area contributed by atoms with Crippen LogP contribution in [-0.2, 0) is 19.1 Å². The van der Waals surface area contributed by atoms with Crippen LogP contribution < -0.4 is 0 Å². The summed E-state index contributed by atoms with van der Waals surface area (Å²) >= 11 is 1.69. The quantitative estimate of drug-likeness (QED) is 0.418. The van der Waals surface area contributed by atoms with Gasteiger partial charge in [-0.25, -0.2) is 4.79 Å². The second-order valence-electron chi connectivity index (χ2n) is 3.17. The molecule has 5 nitrogen and oxygen atoms in total. The van der Waals surface area contributed by atoms with E-state index in [-0.39, 0.29) is 11.1 Å². The number of carbonyl (C=O) groups is 1. The van der Waals surface area contributed by atoms with Crippen molar-refractivity contribution in [3.05, 3.63) is 0 Å². The van der Waals surface area contributed by atoms with Crippen LogP contribution in [0.5, 0.6) is 0 Å². The Morgan fingerprint density at radius 1 is 1.62 bits per heavy atom. The van der Waals surface area contributed by atoms with Crippen LogP contribution in [0.1, 0.15) is 19.8 Å². The zero-order valence-corrected chi connectivity index (χ0v) is 10.4. The molecule has 0 N–H and O–H groups in total. The van der Waals surface area contributed by atoms with Gasteiger partial charge in [-0.2, -0.15) is 0 Å². The van der Waals surface area contributed by atoms with Crippen molar-refractivity contribution in [2.45, 2.75) is 25.2 Å². The van der Waals surface area contributed by atoms with Crippen molar-refractivity contribution in [1.82, 2.24) is 0 Å². The van der Waals surface area contributed by atoms with Crippen molar-refractivity contribution < 1.29 is 19.1 Å². The summed E-state index contributed by atoms with van der Waals surface area (Å²) in [7, 11) is 1.41. The monoisotopic (exact) mass is 247 g/mol. The predicted molar refractivity (Wildman–Crippen MR) is 62.5 cm³/mol. The Hall–Kier alpha value is -0.750. The third kappa shape index (κ3) is 4.40. The smallest absolute Gasteiger partial charge is 0.356 e. The standard InChI is InChI=1S/C10H17NO4S/c1-3-14-10(12)8(11-13-2)7-9-15-5-4-6-16-9/h9H,3-7H2,1-2H3. The molecule has 1 aliphatic heterocycles. The third-order valence-electron chi connectivity index (χ3n) is 1.97. The maximum atomic E-state index is 11.5. The first-order valence-corrected chi connectivity index (χ1v) is 6.33. The molecule has 0 aromatic carbocycles. The summed E-state index contributed by atoms with van der Waals surface area (Å²) in [6.07, 6.45) is 1.48. The zero-order chi connectivity index (χ0) is 11.8. The summed E-state index contributed by atoms with van der Waals surface area (Å²) in [5.74, 6) is 0.618. The average Bonchev–Trinajstić information content (AvgIpc) is 2.30. The minimum absolute atomic E-state index is 0.0212. The molecule has 0 spiro atoms. The number of esters is 1. The maximum absolute atomic E-state index is 11.5. The second kappa shape index (κ2) is 7.51. The van der Waals surface area contributed by atoms with Crippen molar-refractivity contribution in [2.24, 2.45) is 5.16 Å². The molecule has 0 amide bonds. The minimum Gasteiger partial charge on any atom is -0.461 e. The molecule has 1 fully saturated rings. The van der Waals surface area contributed by atoms with Crippen LogP contribution in [0.25, 0.3) is 0 Å². The van der Waals surface area contributed by atoms with Gasteiger partial charge in [0.2, 0.25) is 0 Å². The van der Waals surface area contributed by atoms with Crippen LogP contribution in [0.2, 0.25) is 0 Å². The molecule has 16 heavy (non-hydrogen) atoms. The Balaban J connectivity index is 2.49. The van der Waals surface area contributed by atoms with Crippen LogP contribution in [-0.4, -0.2) is 43.2 Å². The largest absolute Gasteiger partial charge is 0.461 e. The maximum Gasteiger partial charge on any atom is 0.356 e. The van der Waals surface area contributed by atoms with Gasteiger partial charge in [-0.05, 0) is 19.1 Å². The lowest BCUT2D eigenvalue weighted by Crippen LogP contribution is -2.26. The average molecular weight is 247 g/mol. The number of thioether (sulfide) groups is 1. The van der Waals surface area contributed by atoms with Crippen molar-refractivity contribution in [3.8, 4) is 0 Å². The van der Waals surface area contributed by atoms with E-state index >= 15 is 0 Å². The molecule has 0 aliphatic carbocycles. The van der Waals surface area contributed by atoms with E-state index in [1.54, 1.807) is 18.7 Å². The number of hydrogen-bond acceptors (Lipinski definition) is 6. The Kier molecular flexibility index (Phi) is 6.25. The van der Waals surface area contributed by atoms with E-state index in [4.69, 9.17) is 9.47 Å². The van der Waals surface area contributed by atoms with Crippen molar-refractivity contribution >= 4 is 23.4 Å². The van der Waals surface area contributed by atoms with Crippen LogP contribution in [0, 0.1) is 0 Å². The van der Waals surface area contributed by atoms with Gasteiger partial charge in [0.05, 0.1) is 6.61 Å². The lowest BCUT2D eigenvalue weighted by atomic mass is 10.3. The molecule has 1 atom stereocenters. The topological polar surface area (TPSA) is 57.1 Å². The van der Waals surface area contributed by atoms with Crippen molar-refractivity contribution in [1.29, 1.82) is 0 Å². The number of hydrogen-bond donors (Lipinski definition) is 0. The summed E-state index contributed by atoms with van der Waals surface area (Å²) in [5, 5.41) is 3.69. The van der Waals surface area contributed by atoms with E-state index in [2.05, 4.69) is 9.99 Å². The van der Waals surface area contributed by atoms with Gasteiger partial charge < -0.3 is 14.3 Å².